The first kappa shape index (κ1) is 24.4. The normalized spacial score (nSPS) is 14.5. The molecule has 0 radical (unpaired) electrons. The van der Waals surface area contributed by atoms with Crippen LogP contribution in [0.15, 0.2) is 18.2 Å². The first-order chi connectivity index (χ1) is 14.6. The monoisotopic (exact) mass is 444 g/mol. The second-order valence-corrected chi connectivity index (χ2v) is 7.25. The maximum atomic E-state index is 12.9. The summed E-state index contributed by atoms with van der Waals surface area (Å²) in [6.07, 6.45) is -3.70. The molecule has 1 fully saturated rings. The summed E-state index contributed by atoms with van der Waals surface area (Å²) in [6, 6.07) is 2.48. The predicted molar refractivity (Wildman–Crippen MR) is 109 cm³/mol. The molecular weight excluding hydrogens is 417 g/mol. The fourth-order valence-corrected chi connectivity index (χ4v) is 3.59. The summed E-state index contributed by atoms with van der Waals surface area (Å²) >= 11 is 0. The third kappa shape index (κ3) is 6.31. The first-order valence-electron chi connectivity index (χ1n) is 10.2. The van der Waals surface area contributed by atoms with Crippen molar-refractivity contribution in [3.8, 4) is 0 Å². The van der Waals surface area contributed by atoms with Crippen molar-refractivity contribution in [2.24, 2.45) is 0 Å². The zero-order valence-electron chi connectivity index (χ0n) is 17.7. The quantitative estimate of drug-likeness (QED) is 0.454. The number of benzene rings is 1. The van der Waals surface area contributed by atoms with Gasteiger partial charge in [0, 0.05) is 58.2 Å². The minimum atomic E-state index is -4.67. The van der Waals surface area contributed by atoms with Gasteiger partial charge >= 0.3 is 6.18 Å². The lowest BCUT2D eigenvalue weighted by molar-refractivity contribution is -0.384. The molecule has 0 bridgehead atoms. The minimum Gasteiger partial charge on any atom is -0.362 e. The first-order valence-corrected chi connectivity index (χ1v) is 10.2. The van der Waals surface area contributed by atoms with E-state index in [0.29, 0.717) is 45.1 Å². The van der Waals surface area contributed by atoms with E-state index in [9.17, 15) is 32.9 Å². The van der Waals surface area contributed by atoms with E-state index in [-0.39, 0.29) is 37.0 Å². The van der Waals surface area contributed by atoms with Crippen molar-refractivity contribution < 1.29 is 27.7 Å². The van der Waals surface area contributed by atoms with E-state index in [2.05, 4.69) is 0 Å². The Labute approximate surface area is 178 Å². The van der Waals surface area contributed by atoms with E-state index < -0.39 is 22.4 Å². The molecule has 0 atom stereocenters. The standard InChI is InChI=1S/C20H27F3N4O4/c1-3-24(4-2)18(28)6-5-7-19(29)26-12-10-25(11-13-26)16-9-8-15(20(21,22)23)14-17(16)27(30)31/h8-9,14H,3-7,10-13H2,1-2H3. The third-order valence-corrected chi connectivity index (χ3v) is 5.37. The van der Waals surface area contributed by atoms with Gasteiger partial charge in [0.25, 0.3) is 5.69 Å². The fourth-order valence-electron chi connectivity index (χ4n) is 3.59. The summed E-state index contributed by atoms with van der Waals surface area (Å²) in [5.74, 6) is -0.0915. The molecular formula is C20H27F3N4O4. The van der Waals surface area contributed by atoms with E-state index in [0.717, 1.165) is 12.1 Å². The van der Waals surface area contributed by atoms with Gasteiger partial charge in [-0.1, -0.05) is 0 Å². The van der Waals surface area contributed by atoms with E-state index in [1.165, 1.54) is 0 Å². The predicted octanol–water partition coefficient (Wildman–Crippen LogP) is 3.30. The van der Waals surface area contributed by atoms with E-state index in [4.69, 9.17) is 0 Å². The highest BCUT2D eigenvalue weighted by Crippen LogP contribution is 2.36. The number of rotatable bonds is 8. The number of nitro benzene ring substituents is 1. The summed E-state index contributed by atoms with van der Waals surface area (Å²) in [7, 11) is 0. The second-order valence-electron chi connectivity index (χ2n) is 7.25. The largest absolute Gasteiger partial charge is 0.416 e. The number of carbonyl (C=O) groups is 2. The number of halogens is 3. The van der Waals surface area contributed by atoms with Crippen molar-refractivity contribution in [2.75, 3.05) is 44.2 Å². The zero-order valence-corrected chi connectivity index (χ0v) is 17.7. The number of anilines is 1. The van der Waals surface area contributed by atoms with Crippen molar-refractivity contribution in [1.82, 2.24) is 9.80 Å². The van der Waals surface area contributed by atoms with Crippen LogP contribution in [0, 0.1) is 10.1 Å². The van der Waals surface area contributed by atoms with Crippen molar-refractivity contribution >= 4 is 23.2 Å². The summed E-state index contributed by atoms with van der Waals surface area (Å²) in [4.78, 5) is 39.8. The second kappa shape index (κ2) is 10.5. The van der Waals surface area contributed by atoms with Gasteiger partial charge < -0.3 is 14.7 Å². The molecule has 2 amide bonds. The lowest BCUT2D eigenvalue weighted by Crippen LogP contribution is -2.49. The number of nitrogens with zero attached hydrogens (tertiary/aromatic N) is 4. The summed E-state index contributed by atoms with van der Waals surface area (Å²) < 4.78 is 38.6. The summed E-state index contributed by atoms with van der Waals surface area (Å²) in [6.45, 7) is 6.21. The van der Waals surface area contributed by atoms with Crippen LogP contribution < -0.4 is 4.90 Å². The SMILES string of the molecule is CCN(CC)C(=O)CCCC(=O)N1CCN(c2ccc(C(F)(F)F)cc2[N+](=O)[O-])CC1. The van der Waals surface area contributed by atoms with Gasteiger partial charge in [-0.25, -0.2) is 0 Å². The number of piperazine rings is 1. The van der Waals surface area contributed by atoms with Crippen molar-refractivity contribution in [3.63, 3.8) is 0 Å². The Kier molecular flexibility index (Phi) is 8.23. The van der Waals surface area contributed by atoms with Crippen LogP contribution in [-0.4, -0.2) is 65.8 Å². The molecule has 8 nitrogen and oxygen atoms in total. The molecule has 0 aromatic heterocycles. The van der Waals surface area contributed by atoms with E-state index in [1.807, 2.05) is 13.8 Å². The van der Waals surface area contributed by atoms with Gasteiger partial charge in [0.05, 0.1) is 10.5 Å². The molecule has 172 valence electrons. The van der Waals surface area contributed by atoms with Gasteiger partial charge in [-0.2, -0.15) is 13.2 Å². The topological polar surface area (TPSA) is 87.0 Å². The molecule has 0 unspecified atom stereocenters. The highest BCUT2D eigenvalue weighted by Gasteiger charge is 2.34. The Morgan fingerprint density at radius 3 is 2.23 bits per heavy atom. The number of alkyl halides is 3. The maximum absolute atomic E-state index is 12.9. The average Bonchev–Trinajstić information content (AvgIpc) is 2.73. The number of carbonyl (C=O) groups excluding carboxylic acids is 2. The molecule has 31 heavy (non-hydrogen) atoms. The van der Waals surface area contributed by atoms with Crippen LogP contribution in [0.25, 0.3) is 0 Å². The molecule has 11 heteroatoms. The number of amides is 2. The van der Waals surface area contributed by atoms with Gasteiger partial charge in [-0.15, -0.1) is 0 Å². The molecule has 1 aromatic carbocycles. The Morgan fingerprint density at radius 2 is 1.71 bits per heavy atom. The van der Waals surface area contributed by atoms with Crippen molar-refractivity contribution in [1.29, 1.82) is 0 Å². The van der Waals surface area contributed by atoms with Crippen LogP contribution in [0.5, 0.6) is 0 Å². The maximum Gasteiger partial charge on any atom is 0.416 e. The number of hydrogen-bond donors (Lipinski definition) is 0. The van der Waals surface area contributed by atoms with Crippen LogP contribution >= 0.6 is 0 Å². The number of hydrogen-bond acceptors (Lipinski definition) is 5. The Bertz CT molecular complexity index is 804. The van der Waals surface area contributed by atoms with Crippen LogP contribution in [0.1, 0.15) is 38.7 Å². The summed E-state index contributed by atoms with van der Waals surface area (Å²) in [5, 5.41) is 11.3. The Hall–Kier alpha value is -2.85. The molecule has 1 aliphatic heterocycles. The van der Waals surface area contributed by atoms with Gasteiger partial charge in [0.1, 0.15) is 5.69 Å². The molecule has 1 aromatic rings. The van der Waals surface area contributed by atoms with Crippen LogP contribution in [0.2, 0.25) is 0 Å². The summed E-state index contributed by atoms with van der Waals surface area (Å²) in [5.41, 5.74) is -1.57. The highest BCUT2D eigenvalue weighted by atomic mass is 19.4. The molecule has 0 N–H and O–H groups in total. The van der Waals surface area contributed by atoms with Gasteiger partial charge in [0.15, 0.2) is 0 Å². The van der Waals surface area contributed by atoms with E-state index in [1.54, 1.807) is 14.7 Å². The number of nitro groups is 1. The molecule has 0 aliphatic carbocycles. The smallest absolute Gasteiger partial charge is 0.362 e. The third-order valence-electron chi connectivity index (χ3n) is 5.37. The molecule has 0 saturated carbocycles. The van der Waals surface area contributed by atoms with Crippen LogP contribution in [-0.2, 0) is 15.8 Å². The van der Waals surface area contributed by atoms with Crippen LogP contribution in [0.3, 0.4) is 0 Å². The molecule has 0 spiro atoms. The molecule has 1 heterocycles. The molecule has 2 rings (SSSR count). The van der Waals surface area contributed by atoms with Gasteiger partial charge in [0.2, 0.25) is 11.8 Å². The Morgan fingerprint density at radius 1 is 1.10 bits per heavy atom. The van der Waals surface area contributed by atoms with E-state index >= 15 is 0 Å². The van der Waals surface area contributed by atoms with Gasteiger partial charge in [-0.3, -0.25) is 19.7 Å². The van der Waals surface area contributed by atoms with Crippen molar-refractivity contribution in [2.45, 2.75) is 39.3 Å². The average molecular weight is 444 g/mol. The Balaban J connectivity index is 1.93. The van der Waals surface area contributed by atoms with Crippen LogP contribution in [0.4, 0.5) is 24.5 Å². The molecule has 1 aliphatic rings. The minimum absolute atomic E-state index is 0.0113. The molecule has 1 saturated heterocycles. The lowest BCUT2D eigenvalue weighted by Gasteiger charge is -2.36. The fraction of sp³-hybridized carbons (Fsp3) is 0.600. The highest BCUT2D eigenvalue weighted by molar-refractivity contribution is 5.79. The zero-order chi connectivity index (χ0) is 23.2. The van der Waals surface area contributed by atoms with Gasteiger partial charge in [-0.05, 0) is 32.4 Å². The lowest BCUT2D eigenvalue weighted by atomic mass is 10.1. The van der Waals surface area contributed by atoms with Crippen molar-refractivity contribution in [3.05, 3.63) is 33.9 Å².